The molecule has 1 atom stereocenters. The number of methoxy groups -OCH3 is 1. The Kier molecular flexibility index (Phi) is 7.16. The Morgan fingerprint density at radius 2 is 2.06 bits per heavy atom. The molecule has 0 fully saturated rings. The molecule has 2 aromatic heterocycles. The number of aliphatic imine (C=N–C) groups is 1. The maximum Gasteiger partial charge on any atom is 0.255 e. The molecule has 35 heavy (non-hydrogen) atoms. The van der Waals surface area contributed by atoms with Crippen LogP contribution in [0.3, 0.4) is 0 Å². The lowest BCUT2D eigenvalue weighted by molar-refractivity contribution is -0.124. The molecular weight excluding hydrogens is 457 g/mol. The van der Waals surface area contributed by atoms with Crippen LogP contribution < -0.4 is 21.7 Å². The first-order valence-electron chi connectivity index (χ1n) is 10.6. The van der Waals surface area contributed by atoms with Crippen LogP contribution in [0.4, 0.5) is 10.2 Å². The van der Waals surface area contributed by atoms with Crippen LogP contribution in [-0.4, -0.2) is 63.7 Å². The summed E-state index contributed by atoms with van der Waals surface area (Å²) < 4.78 is 18.2. The number of nitrogens with two attached hydrogens (primary N) is 1. The lowest BCUT2D eigenvalue weighted by Gasteiger charge is -2.21. The maximum absolute atomic E-state index is 13.4. The van der Waals surface area contributed by atoms with E-state index in [1.54, 1.807) is 24.4 Å². The normalized spacial score (nSPS) is 14.8. The third-order valence-electron chi connectivity index (χ3n) is 4.97. The predicted octanol–water partition coefficient (Wildman–Crippen LogP) is 0.827. The molecule has 0 bridgehead atoms. The standard InChI is InChI=1S/C22H24FN9O3/c1-35-11-16(33)25-8-9-27-22-26-7-6-14(30-22)17-18(15-10-28-19(24)21(34)29-15)32-20(31-17)12-2-4-13(23)5-3-12/h2-7,10,14H,8-9,11H2,1H3,(H2,24,28)(H,25,33)(H,29,34)(H,31,32)(H2,26,27,30). The van der Waals surface area contributed by atoms with Crippen LogP contribution in [0.2, 0.25) is 0 Å². The van der Waals surface area contributed by atoms with Gasteiger partial charge in [0.25, 0.3) is 5.88 Å². The quantitative estimate of drug-likeness (QED) is 0.254. The summed E-state index contributed by atoms with van der Waals surface area (Å²) in [6.45, 7) is 0.791. The van der Waals surface area contributed by atoms with Crippen LogP contribution in [0.25, 0.3) is 22.8 Å². The summed E-state index contributed by atoms with van der Waals surface area (Å²) in [5, 5.41) is 19.0. The number of nitrogens with zero attached hydrogens (tertiary/aromatic N) is 4. The zero-order chi connectivity index (χ0) is 24.8. The number of carbonyl (C=O) groups is 1. The van der Waals surface area contributed by atoms with Gasteiger partial charge >= 0.3 is 0 Å². The molecule has 13 heteroatoms. The Labute approximate surface area is 199 Å². The van der Waals surface area contributed by atoms with Crippen LogP contribution in [0, 0.1) is 5.82 Å². The summed E-state index contributed by atoms with van der Waals surface area (Å²) in [5.41, 5.74) is 7.61. The Morgan fingerprint density at radius 3 is 2.80 bits per heavy atom. The molecule has 12 nitrogen and oxygen atoms in total. The molecule has 0 spiro atoms. The van der Waals surface area contributed by atoms with Crippen molar-refractivity contribution in [1.29, 1.82) is 0 Å². The number of ether oxygens (including phenoxy) is 1. The molecule has 0 aliphatic carbocycles. The number of hydrogen-bond donors (Lipinski definition) is 6. The van der Waals surface area contributed by atoms with E-state index in [0.717, 1.165) is 0 Å². The molecule has 0 saturated heterocycles. The smallest absolute Gasteiger partial charge is 0.255 e. The highest BCUT2D eigenvalue weighted by atomic mass is 19.1. The summed E-state index contributed by atoms with van der Waals surface area (Å²) >= 11 is 0. The largest absolute Gasteiger partial charge is 0.491 e. The average molecular weight is 481 g/mol. The number of H-pyrrole nitrogens is 1. The van der Waals surface area contributed by atoms with E-state index >= 15 is 0 Å². The molecule has 1 amide bonds. The summed E-state index contributed by atoms with van der Waals surface area (Å²) in [4.78, 5) is 31.8. The number of aromatic hydroxyl groups is 1. The average Bonchev–Trinajstić information content (AvgIpc) is 3.30. The molecule has 4 rings (SSSR count). The van der Waals surface area contributed by atoms with Crippen LogP contribution in [0.1, 0.15) is 11.7 Å². The number of nitrogen functional groups attached to an aromatic ring is 1. The molecule has 0 radical (unpaired) electrons. The first kappa shape index (κ1) is 23.6. The molecule has 1 aliphatic rings. The number of nitrogens with one attached hydrogen (secondary N) is 4. The molecule has 3 heterocycles. The van der Waals surface area contributed by atoms with Gasteiger partial charge in [0.05, 0.1) is 23.6 Å². The fraction of sp³-hybridized carbons (Fsp3) is 0.227. The molecule has 1 aliphatic heterocycles. The molecule has 182 valence electrons. The van der Waals surface area contributed by atoms with Gasteiger partial charge in [-0.3, -0.25) is 4.79 Å². The van der Waals surface area contributed by atoms with E-state index in [4.69, 9.17) is 15.5 Å². The van der Waals surface area contributed by atoms with Gasteiger partial charge in [-0.05, 0) is 30.3 Å². The maximum atomic E-state index is 13.4. The number of aromatic nitrogens is 4. The molecule has 0 saturated carbocycles. The van der Waals surface area contributed by atoms with Crippen LogP contribution in [0.15, 0.2) is 47.7 Å². The number of carbonyl (C=O) groups excluding carboxylic acids is 1. The molecule has 1 unspecified atom stereocenters. The second-order valence-corrected chi connectivity index (χ2v) is 7.47. The van der Waals surface area contributed by atoms with Gasteiger partial charge in [-0.25, -0.2) is 24.3 Å². The predicted molar refractivity (Wildman–Crippen MR) is 126 cm³/mol. The zero-order valence-corrected chi connectivity index (χ0v) is 18.7. The van der Waals surface area contributed by atoms with Crippen molar-refractivity contribution in [3.63, 3.8) is 0 Å². The van der Waals surface area contributed by atoms with E-state index in [-0.39, 0.29) is 24.1 Å². The molecule has 7 N–H and O–H groups in total. The molecule has 3 aromatic rings. The van der Waals surface area contributed by atoms with E-state index in [9.17, 15) is 14.3 Å². The van der Waals surface area contributed by atoms with Gasteiger partial charge in [-0.1, -0.05) is 0 Å². The summed E-state index contributed by atoms with van der Waals surface area (Å²) in [5.74, 6) is -0.133. The third kappa shape index (κ3) is 5.70. The van der Waals surface area contributed by atoms with Gasteiger partial charge in [-0.15, -0.1) is 0 Å². The van der Waals surface area contributed by atoms with Crippen molar-refractivity contribution < 1.29 is 19.0 Å². The first-order valence-corrected chi connectivity index (χ1v) is 10.6. The fourth-order valence-electron chi connectivity index (χ4n) is 3.32. The van der Waals surface area contributed by atoms with Crippen LogP contribution >= 0.6 is 0 Å². The number of hydrogen-bond acceptors (Lipinski definition) is 10. The number of benzene rings is 1. The Bertz CT molecular complexity index is 1260. The minimum atomic E-state index is -0.431. The van der Waals surface area contributed by atoms with Crippen molar-refractivity contribution in [3.8, 4) is 28.7 Å². The second-order valence-electron chi connectivity index (χ2n) is 7.47. The number of halogens is 1. The van der Waals surface area contributed by atoms with E-state index in [0.29, 0.717) is 47.5 Å². The summed E-state index contributed by atoms with van der Waals surface area (Å²) in [7, 11) is 1.45. The summed E-state index contributed by atoms with van der Waals surface area (Å²) in [6, 6.07) is 5.45. The Balaban J connectivity index is 1.56. The number of anilines is 1. The van der Waals surface area contributed by atoms with Crippen molar-refractivity contribution in [2.45, 2.75) is 6.04 Å². The van der Waals surface area contributed by atoms with Gasteiger partial charge in [0.2, 0.25) is 5.91 Å². The van der Waals surface area contributed by atoms with E-state index in [1.165, 1.54) is 25.4 Å². The lowest BCUT2D eigenvalue weighted by atomic mass is 10.1. The highest BCUT2D eigenvalue weighted by Crippen LogP contribution is 2.31. The van der Waals surface area contributed by atoms with E-state index in [2.05, 4.69) is 35.9 Å². The lowest BCUT2D eigenvalue weighted by Crippen LogP contribution is -2.44. The minimum absolute atomic E-state index is 0.00802. The fourth-order valence-corrected chi connectivity index (χ4v) is 3.32. The summed E-state index contributed by atoms with van der Waals surface area (Å²) in [6.07, 6.45) is 4.84. The van der Waals surface area contributed by atoms with Gasteiger partial charge in [0.15, 0.2) is 11.8 Å². The monoisotopic (exact) mass is 481 g/mol. The Hall–Kier alpha value is -4.52. The SMILES string of the molecule is COCC(=O)NCCNC1=NC=CC(c2nc(-c3ccc(F)cc3)[nH]c2-c2cnc(N)c(O)n2)N1. The molecule has 1 aromatic carbocycles. The first-order chi connectivity index (χ1) is 16.9. The van der Waals surface area contributed by atoms with Crippen molar-refractivity contribution in [2.24, 2.45) is 4.99 Å². The van der Waals surface area contributed by atoms with Crippen molar-refractivity contribution >= 4 is 17.7 Å². The van der Waals surface area contributed by atoms with Gasteiger partial charge in [0, 0.05) is 32.0 Å². The van der Waals surface area contributed by atoms with Gasteiger partial charge < -0.3 is 36.5 Å². The third-order valence-corrected chi connectivity index (χ3v) is 4.97. The Morgan fingerprint density at radius 1 is 1.26 bits per heavy atom. The van der Waals surface area contributed by atoms with Crippen molar-refractivity contribution in [3.05, 3.63) is 54.2 Å². The van der Waals surface area contributed by atoms with Crippen LogP contribution in [-0.2, 0) is 9.53 Å². The van der Waals surface area contributed by atoms with Gasteiger partial charge in [-0.2, -0.15) is 0 Å². The van der Waals surface area contributed by atoms with E-state index in [1.807, 2.05) is 0 Å². The number of amides is 1. The number of rotatable bonds is 8. The van der Waals surface area contributed by atoms with Gasteiger partial charge in [0.1, 0.15) is 23.9 Å². The second kappa shape index (κ2) is 10.6. The van der Waals surface area contributed by atoms with Crippen molar-refractivity contribution in [2.75, 3.05) is 32.5 Å². The number of imidazole rings is 1. The van der Waals surface area contributed by atoms with Crippen LogP contribution in [0.5, 0.6) is 5.88 Å². The topological polar surface area (TPSA) is 175 Å². The number of aromatic amines is 1. The number of guanidine groups is 1. The highest BCUT2D eigenvalue weighted by Gasteiger charge is 2.24. The zero-order valence-electron chi connectivity index (χ0n) is 18.7. The minimum Gasteiger partial charge on any atom is -0.491 e. The highest BCUT2D eigenvalue weighted by molar-refractivity contribution is 5.82. The van der Waals surface area contributed by atoms with Crippen molar-refractivity contribution in [1.82, 2.24) is 35.9 Å². The van der Waals surface area contributed by atoms with E-state index < -0.39 is 11.9 Å². The molecular formula is C22H24FN9O3.